The van der Waals surface area contributed by atoms with E-state index in [0.29, 0.717) is 18.0 Å². The summed E-state index contributed by atoms with van der Waals surface area (Å²) in [5.41, 5.74) is 0.428. The zero-order valence-corrected chi connectivity index (χ0v) is 11.9. The van der Waals surface area contributed by atoms with Gasteiger partial charge in [-0.1, -0.05) is 6.08 Å². The molecular formula is C14H15N5O3. The number of hydrogen-bond acceptors (Lipinski definition) is 7. The Kier molecular flexibility index (Phi) is 4.86. The first-order valence-electron chi connectivity index (χ1n) is 6.41. The molecule has 0 aliphatic heterocycles. The fourth-order valence-electron chi connectivity index (χ4n) is 1.75. The molecule has 2 rings (SSSR count). The summed E-state index contributed by atoms with van der Waals surface area (Å²) in [5.74, 6) is 0.934. The minimum Gasteiger partial charge on any atom is -0.497 e. The van der Waals surface area contributed by atoms with Gasteiger partial charge in [-0.2, -0.15) is 0 Å². The Labute approximate surface area is 127 Å². The number of methoxy groups -OCH3 is 1. The Morgan fingerprint density at radius 2 is 2.00 bits per heavy atom. The number of aromatic nitrogens is 2. The van der Waals surface area contributed by atoms with E-state index in [9.17, 15) is 10.1 Å². The molecule has 0 aliphatic carbocycles. The Bertz CT molecular complexity index is 673. The van der Waals surface area contributed by atoms with Crippen LogP contribution in [0.3, 0.4) is 0 Å². The third kappa shape index (κ3) is 3.48. The Balaban J connectivity index is 2.32. The zero-order valence-electron chi connectivity index (χ0n) is 11.9. The molecule has 2 N–H and O–H groups in total. The minimum atomic E-state index is -0.530. The predicted octanol–water partition coefficient (Wildman–Crippen LogP) is 2.73. The maximum atomic E-state index is 11.3. The molecule has 2 aromatic rings. The summed E-state index contributed by atoms with van der Waals surface area (Å²) in [6.45, 7) is 3.91. The van der Waals surface area contributed by atoms with Gasteiger partial charge in [0, 0.05) is 12.2 Å². The highest BCUT2D eigenvalue weighted by molar-refractivity contribution is 5.73. The van der Waals surface area contributed by atoms with E-state index in [1.54, 1.807) is 37.5 Å². The third-order valence-electron chi connectivity index (χ3n) is 2.77. The van der Waals surface area contributed by atoms with Crippen molar-refractivity contribution in [3.8, 4) is 5.75 Å². The predicted molar refractivity (Wildman–Crippen MR) is 83.6 cm³/mol. The van der Waals surface area contributed by atoms with Gasteiger partial charge in [0.05, 0.1) is 12.0 Å². The van der Waals surface area contributed by atoms with E-state index in [2.05, 4.69) is 27.2 Å². The molecule has 0 saturated carbocycles. The summed E-state index contributed by atoms with van der Waals surface area (Å²) in [4.78, 5) is 18.6. The summed E-state index contributed by atoms with van der Waals surface area (Å²) < 4.78 is 5.06. The molecule has 0 fully saturated rings. The molecule has 0 bridgehead atoms. The van der Waals surface area contributed by atoms with Crippen molar-refractivity contribution in [2.45, 2.75) is 0 Å². The van der Waals surface area contributed by atoms with Crippen LogP contribution in [0.25, 0.3) is 0 Å². The van der Waals surface area contributed by atoms with Crippen LogP contribution >= 0.6 is 0 Å². The van der Waals surface area contributed by atoms with Gasteiger partial charge in [-0.3, -0.25) is 10.1 Å². The molecule has 0 atom stereocenters. The maximum absolute atomic E-state index is 11.3. The molecule has 0 unspecified atom stereocenters. The van der Waals surface area contributed by atoms with Gasteiger partial charge in [-0.05, 0) is 24.3 Å². The van der Waals surface area contributed by atoms with Crippen molar-refractivity contribution in [2.24, 2.45) is 0 Å². The van der Waals surface area contributed by atoms with Crippen LogP contribution in [0.1, 0.15) is 0 Å². The Hall–Kier alpha value is -3.16. The number of rotatable bonds is 7. The summed E-state index contributed by atoms with van der Waals surface area (Å²) in [7, 11) is 1.56. The molecule has 0 amide bonds. The molecule has 22 heavy (non-hydrogen) atoms. The quantitative estimate of drug-likeness (QED) is 0.460. The molecule has 0 spiro atoms. The molecule has 0 aliphatic rings. The lowest BCUT2D eigenvalue weighted by Crippen LogP contribution is -2.08. The monoisotopic (exact) mass is 301 g/mol. The Morgan fingerprint density at radius 3 is 2.59 bits per heavy atom. The van der Waals surface area contributed by atoms with Gasteiger partial charge in [0.15, 0.2) is 0 Å². The van der Waals surface area contributed by atoms with E-state index < -0.39 is 4.92 Å². The van der Waals surface area contributed by atoms with Crippen molar-refractivity contribution in [3.05, 3.63) is 53.4 Å². The number of benzene rings is 1. The number of nitrogens with zero attached hydrogens (tertiary/aromatic N) is 3. The smallest absolute Gasteiger partial charge is 0.353 e. The first-order valence-corrected chi connectivity index (χ1v) is 6.41. The summed E-state index contributed by atoms with van der Waals surface area (Å²) in [6.07, 6.45) is 2.84. The van der Waals surface area contributed by atoms with Gasteiger partial charge in [-0.25, -0.2) is 9.97 Å². The standard InChI is InChI=1S/C14H15N5O3/c1-3-8-15-13-12(19(20)21)14(17-9-16-13)18-10-4-6-11(22-2)7-5-10/h3-7,9H,1,8H2,2H3,(H2,15,16,17,18). The van der Waals surface area contributed by atoms with Gasteiger partial charge in [-0.15, -0.1) is 6.58 Å². The molecular weight excluding hydrogens is 286 g/mol. The average Bonchev–Trinajstić information content (AvgIpc) is 2.53. The number of nitrogens with one attached hydrogen (secondary N) is 2. The van der Waals surface area contributed by atoms with Gasteiger partial charge < -0.3 is 15.4 Å². The second-order valence-electron chi connectivity index (χ2n) is 4.20. The second-order valence-corrected chi connectivity index (χ2v) is 4.20. The summed E-state index contributed by atoms with van der Waals surface area (Å²) in [6, 6.07) is 6.96. The van der Waals surface area contributed by atoms with E-state index in [1.807, 2.05) is 0 Å². The van der Waals surface area contributed by atoms with Crippen LogP contribution in [0.15, 0.2) is 43.2 Å². The fourth-order valence-corrected chi connectivity index (χ4v) is 1.75. The first-order chi connectivity index (χ1) is 10.7. The number of hydrogen-bond donors (Lipinski definition) is 2. The van der Waals surface area contributed by atoms with Crippen molar-refractivity contribution in [3.63, 3.8) is 0 Å². The first kappa shape index (κ1) is 15.2. The largest absolute Gasteiger partial charge is 0.497 e. The topological polar surface area (TPSA) is 102 Å². The van der Waals surface area contributed by atoms with Gasteiger partial charge >= 0.3 is 5.69 Å². The van der Waals surface area contributed by atoms with Crippen LogP contribution in [0.2, 0.25) is 0 Å². The molecule has 8 nitrogen and oxygen atoms in total. The van der Waals surface area contributed by atoms with E-state index in [-0.39, 0.29) is 17.3 Å². The molecule has 1 aromatic carbocycles. The third-order valence-corrected chi connectivity index (χ3v) is 2.77. The minimum absolute atomic E-state index is 0.108. The molecule has 0 radical (unpaired) electrons. The lowest BCUT2D eigenvalue weighted by Gasteiger charge is -2.09. The zero-order chi connectivity index (χ0) is 15.9. The molecule has 114 valence electrons. The van der Waals surface area contributed by atoms with E-state index >= 15 is 0 Å². The van der Waals surface area contributed by atoms with Crippen LogP contribution in [0, 0.1) is 10.1 Å². The molecule has 1 heterocycles. The normalized spacial score (nSPS) is 9.86. The van der Waals surface area contributed by atoms with Crippen molar-refractivity contribution < 1.29 is 9.66 Å². The van der Waals surface area contributed by atoms with E-state index in [1.165, 1.54) is 6.33 Å². The van der Waals surface area contributed by atoms with E-state index in [4.69, 9.17) is 4.74 Å². The van der Waals surface area contributed by atoms with Crippen LogP contribution in [-0.2, 0) is 0 Å². The summed E-state index contributed by atoms with van der Waals surface area (Å²) >= 11 is 0. The number of nitro groups is 1. The van der Waals surface area contributed by atoms with Crippen molar-refractivity contribution in [2.75, 3.05) is 24.3 Å². The lowest BCUT2D eigenvalue weighted by atomic mass is 10.3. The Morgan fingerprint density at radius 1 is 1.32 bits per heavy atom. The number of anilines is 3. The highest BCUT2D eigenvalue weighted by Crippen LogP contribution is 2.31. The number of ether oxygens (including phenoxy) is 1. The van der Waals surface area contributed by atoms with Crippen molar-refractivity contribution >= 4 is 23.0 Å². The summed E-state index contributed by atoms with van der Waals surface area (Å²) in [5, 5.41) is 17.0. The molecule has 8 heteroatoms. The SMILES string of the molecule is C=CCNc1ncnc(Nc2ccc(OC)cc2)c1[N+](=O)[O-]. The average molecular weight is 301 g/mol. The van der Waals surface area contributed by atoms with Crippen LogP contribution in [0.4, 0.5) is 23.0 Å². The molecule has 1 aromatic heterocycles. The van der Waals surface area contributed by atoms with Crippen LogP contribution in [-0.4, -0.2) is 28.5 Å². The second kappa shape index (κ2) is 7.02. The van der Waals surface area contributed by atoms with Gasteiger partial charge in [0.2, 0.25) is 11.6 Å². The van der Waals surface area contributed by atoms with Crippen LogP contribution < -0.4 is 15.4 Å². The van der Waals surface area contributed by atoms with Crippen molar-refractivity contribution in [1.82, 2.24) is 9.97 Å². The van der Waals surface area contributed by atoms with E-state index in [0.717, 1.165) is 0 Å². The molecule has 0 saturated heterocycles. The highest BCUT2D eigenvalue weighted by Gasteiger charge is 2.22. The van der Waals surface area contributed by atoms with Crippen molar-refractivity contribution in [1.29, 1.82) is 0 Å². The lowest BCUT2D eigenvalue weighted by molar-refractivity contribution is -0.383. The highest BCUT2D eigenvalue weighted by atomic mass is 16.6. The van der Waals surface area contributed by atoms with Gasteiger partial charge in [0.1, 0.15) is 12.1 Å². The fraction of sp³-hybridized carbons (Fsp3) is 0.143. The van der Waals surface area contributed by atoms with Gasteiger partial charge in [0.25, 0.3) is 0 Å². The van der Waals surface area contributed by atoms with Crippen LogP contribution in [0.5, 0.6) is 5.75 Å². The maximum Gasteiger partial charge on any atom is 0.353 e.